The Morgan fingerprint density at radius 2 is 0.560 bits per heavy atom. The van der Waals surface area contributed by atoms with Gasteiger partial charge < -0.3 is 20.4 Å². The van der Waals surface area contributed by atoms with E-state index in [0.717, 1.165) is 77.0 Å². The molecule has 0 rings (SSSR count). The van der Waals surface area contributed by atoms with Crippen molar-refractivity contribution in [2.24, 2.45) is 0 Å². The third-order valence-electron chi connectivity index (χ3n) is 15.4. The van der Waals surface area contributed by atoms with E-state index >= 15 is 0 Å². The number of hydrogen-bond acceptors (Lipinski definition) is 10. The van der Waals surface area contributed by atoms with Crippen LogP contribution < -0.4 is 0 Å². The molecule has 4 N–H and O–H groups in total. The molecule has 0 aliphatic heterocycles. The summed E-state index contributed by atoms with van der Waals surface area (Å²) in [7, 11) is 0. The second-order valence-corrected chi connectivity index (χ2v) is 25.4. The summed E-state index contributed by atoms with van der Waals surface area (Å²) in [5, 5.41) is 44.2. The van der Waals surface area contributed by atoms with Crippen LogP contribution in [0, 0.1) is 0 Å². The van der Waals surface area contributed by atoms with Crippen molar-refractivity contribution < 1.29 is 30.0 Å². The maximum Gasteiger partial charge on any atom is 0.215 e. The molecule has 8 nitrogen and oxygen atoms in total. The van der Waals surface area contributed by atoms with Crippen LogP contribution in [0.1, 0.15) is 317 Å². The number of aliphatic hydroxyl groups is 4. The monoisotopic (exact) mass is 1100 g/mol. The molecule has 0 bridgehead atoms. The lowest BCUT2D eigenvalue weighted by molar-refractivity contribution is -0.112. The molecule has 0 radical (unpaired) electrons. The molecule has 0 fully saturated rings. The molecule has 0 amide bonds. The van der Waals surface area contributed by atoms with Crippen molar-refractivity contribution in [2.75, 3.05) is 50.8 Å². The lowest BCUT2D eigenvalue weighted by Gasteiger charge is -2.27. The number of aliphatic hydroxyl groups excluding tert-OH is 4. The van der Waals surface area contributed by atoms with Gasteiger partial charge in [-0.15, -0.1) is 0 Å². The lowest BCUT2D eigenvalue weighted by Crippen LogP contribution is -2.39. The Morgan fingerprint density at radius 1 is 0.347 bits per heavy atom. The summed E-state index contributed by atoms with van der Waals surface area (Å²) in [5.74, 6) is 1.04. The van der Waals surface area contributed by atoms with Crippen molar-refractivity contribution in [1.29, 1.82) is 0 Å². The highest BCUT2D eigenvalue weighted by molar-refractivity contribution is 8.14. The third kappa shape index (κ3) is 53.9. The molecule has 4 atom stereocenters. The zero-order valence-corrected chi connectivity index (χ0v) is 51.9. The van der Waals surface area contributed by atoms with E-state index in [-0.39, 0.29) is 16.7 Å². The largest absolute Gasteiger partial charge is 0.392 e. The summed E-state index contributed by atoms with van der Waals surface area (Å²) < 4.78 is 0. The molecule has 0 aliphatic carbocycles. The number of hydrogen-bond donors (Lipinski definition) is 4. The molecule has 0 aromatic heterocycles. The van der Waals surface area contributed by atoms with Gasteiger partial charge in [0.15, 0.2) is 5.12 Å². The Labute approximate surface area is 475 Å². The predicted molar refractivity (Wildman–Crippen MR) is 331 cm³/mol. The van der Waals surface area contributed by atoms with Gasteiger partial charge in [0.2, 0.25) is 5.12 Å². The summed E-state index contributed by atoms with van der Waals surface area (Å²) >= 11 is 2.40. The fourth-order valence-corrected chi connectivity index (χ4v) is 12.2. The standard InChI is InChI=1S/C65H128N2O6S2/c1-6-10-14-18-22-26-30-34-38-42-46-60(68)55-66(56-61(69)47-43-39-35-31-27-23-19-15-11-7-2)50-52-74-64(72)54-59(5)65(73)75-53-51-67(57-62(70)48-44-40-36-32-28-24-20-16-12-8-3)58-63(71)49-45-41-37-33-29-25-21-17-13-9-4/h60-63,68-71H,5-58H2,1-4H3. The van der Waals surface area contributed by atoms with Gasteiger partial charge in [0.05, 0.1) is 24.4 Å². The Kier molecular flexibility index (Phi) is 57.8. The van der Waals surface area contributed by atoms with E-state index < -0.39 is 24.4 Å². The van der Waals surface area contributed by atoms with Crippen LogP contribution in [0.5, 0.6) is 0 Å². The van der Waals surface area contributed by atoms with E-state index in [1.807, 2.05) is 0 Å². The van der Waals surface area contributed by atoms with Crippen molar-refractivity contribution >= 4 is 33.8 Å². The Hall–Kier alpha value is -0.460. The molecule has 446 valence electrons. The van der Waals surface area contributed by atoms with Gasteiger partial charge in [0.25, 0.3) is 0 Å². The highest BCUT2D eigenvalue weighted by atomic mass is 32.2. The molecule has 4 unspecified atom stereocenters. The third-order valence-corrected chi connectivity index (χ3v) is 17.2. The van der Waals surface area contributed by atoms with E-state index in [0.29, 0.717) is 56.3 Å². The molecule has 0 spiro atoms. The fourth-order valence-electron chi connectivity index (χ4n) is 10.5. The van der Waals surface area contributed by atoms with Gasteiger partial charge in [-0.1, -0.05) is 315 Å². The molecule has 0 saturated heterocycles. The van der Waals surface area contributed by atoms with Crippen LogP contribution in [0.3, 0.4) is 0 Å². The van der Waals surface area contributed by atoms with Crippen molar-refractivity contribution in [3.05, 3.63) is 12.2 Å². The van der Waals surface area contributed by atoms with Crippen LogP contribution in [0.4, 0.5) is 0 Å². The number of thioether (sulfide) groups is 2. The van der Waals surface area contributed by atoms with Crippen LogP contribution >= 0.6 is 23.5 Å². The van der Waals surface area contributed by atoms with E-state index in [2.05, 4.69) is 44.1 Å². The number of rotatable bonds is 61. The Bertz CT molecular complexity index is 1160. The predicted octanol–water partition coefficient (Wildman–Crippen LogP) is 17.7. The van der Waals surface area contributed by atoms with Crippen molar-refractivity contribution in [2.45, 2.75) is 341 Å². The summed E-state index contributed by atoms with van der Waals surface area (Å²) in [6, 6.07) is 0. The zero-order chi connectivity index (χ0) is 55.1. The van der Waals surface area contributed by atoms with Crippen LogP contribution in [-0.4, -0.2) is 116 Å². The number of nitrogens with zero attached hydrogens (tertiary/aromatic N) is 2. The summed E-state index contributed by atoms with van der Waals surface area (Å²) in [6.07, 6.45) is 51.6. The van der Waals surface area contributed by atoms with E-state index in [9.17, 15) is 30.0 Å². The van der Waals surface area contributed by atoms with Crippen molar-refractivity contribution in [3.8, 4) is 0 Å². The molecule has 10 heteroatoms. The SMILES string of the molecule is C=C(CC(=O)SCCN(CC(O)CCCCCCCCCCCC)CC(O)CCCCCCCCCCCC)C(=O)SCCN(CC(O)CCCCCCCCCCCC)CC(O)CCCCCCCCCCCC. The second kappa shape index (κ2) is 58.2. The van der Waals surface area contributed by atoms with Gasteiger partial charge in [-0.2, -0.15) is 0 Å². The van der Waals surface area contributed by atoms with E-state index in [4.69, 9.17) is 0 Å². The van der Waals surface area contributed by atoms with Gasteiger partial charge in [-0.05, 0) is 25.7 Å². The molecule has 0 heterocycles. The Morgan fingerprint density at radius 3 is 0.800 bits per heavy atom. The number of carbonyl (C=O) groups is 2. The average molecular weight is 1100 g/mol. The van der Waals surface area contributed by atoms with Crippen molar-refractivity contribution in [3.63, 3.8) is 0 Å². The van der Waals surface area contributed by atoms with Gasteiger partial charge in [0, 0.05) is 62.8 Å². The highest BCUT2D eigenvalue weighted by Gasteiger charge is 2.20. The van der Waals surface area contributed by atoms with Gasteiger partial charge in [-0.25, -0.2) is 0 Å². The number of unbranched alkanes of at least 4 members (excludes halogenated alkanes) is 36. The minimum absolute atomic E-state index is 0.00190. The summed E-state index contributed by atoms with van der Waals surface area (Å²) in [6.45, 7) is 16.2. The quantitative estimate of drug-likeness (QED) is 0.0346. The minimum atomic E-state index is -0.467. The first-order chi connectivity index (χ1) is 36.6. The molecule has 0 aromatic carbocycles. The smallest absolute Gasteiger partial charge is 0.215 e. The molecule has 0 aromatic rings. The van der Waals surface area contributed by atoms with Crippen LogP contribution in [0.2, 0.25) is 0 Å². The molecular weight excluding hydrogens is 969 g/mol. The molecule has 0 saturated carbocycles. The maximum absolute atomic E-state index is 13.3. The van der Waals surface area contributed by atoms with Gasteiger partial charge in [0.1, 0.15) is 0 Å². The fraction of sp³-hybridized carbons (Fsp3) is 0.938. The topological polar surface area (TPSA) is 122 Å². The first-order valence-corrected chi connectivity index (χ1v) is 34.7. The van der Waals surface area contributed by atoms with Gasteiger partial charge >= 0.3 is 0 Å². The minimum Gasteiger partial charge on any atom is -0.392 e. The number of carbonyl (C=O) groups excluding carboxylic acids is 2. The van der Waals surface area contributed by atoms with Crippen LogP contribution in [-0.2, 0) is 9.59 Å². The Balaban J connectivity index is 5.08. The van der Waals surface area contributed by atoms with Gasteiger partial charge in [-0.3, -0.25) is 19.4 Å². The summed E-state index contributed by atoms with van der Waals surface area (Å²) in [5.41, 5.74) is 0.307. The first-order valence-electron chi connectivity index (χ1n) is 32.7. The normalized spacial score (nSPS) is 13.5. The molecule has 75 heavy (non-hydrogen) atoms. The molecular formula is C65H128N2O6S2. The average Bonchev–Trinajstić information content (AvgIpc) is 3.38. The first kappa shape index (κ1) is 74.5. The highest BCUT2D eigenvalue weighted by Crippen LogP contribution is 2.21. The van der Waals surface area contributed by atoms with Crippen LogP contribution in [0.15, 0.2) is 12.2 Å². The zero-order valence-electron chi connectivity index (χ0n) is 50.3. The van der Waals surface area contributed by atoms with E-state index in [1.165, 1.54) is 229 Å². The van der Waals surface area contributed by atoms with E-state index in [1.54, 1.807) is 0 Å². The molecule has 0 aliphatic rings. The summed E-state index contributed by atoms with van der Waals surface area (Å²) in [4.78, 5) is 30.8. The van der Waals surface area contributed by atoms with Crippen LogP contribution in [0.25, 0.3) is 0 Å². The maximum atomic E-state index is 13.3. The lowest BCUT2D eigenvalue weighted by atomic mass is 10.0. The second-order valence-electron chi connectivity index (χ2n) is 23.2. The van der Waals surface area contributed by atoms with Crippen molar-refractivity contribution in [1.82, 2.24) is 9.80 Å².